The number of hydrogen-bond acceptors (Lipinski definition) is 7. The molecule has 0 fully saturated rings. The van der Waals surface area contributed by atoms with Gasteiger partial charge in [0.25, 0.3) is 6.29 Å². The van der Waals surface area contributed by atoms with E-state index in [1.165, 1.54) is 5.38 Å². The number of carbonyl (C=O) groups excluding carboxylic acids is 2. The van der Waals surface area contributed by atoms with Crippen molar-refractivity contribution in [2.75, 3.05) is 11.9 Å². The summed E-state index contributed by atoms with van der Waals surface area (Å²) in [5, 5.41) is 16.1. The Morgan fingerprint density at radius 2 is 2.47 bits per heavy atom. The van der Waals surface area contributed by atoms with Gasteiger partial charge in [-0.15, -0.1) is 11.3 Å². The second-order valence-electron chi connectivity index (χ2n) is 3.17. The molecule has 1 heterocycles. The number of nitrogens with one attached hydrogen (secondary N) is 1. The molecule has 9 heteroatoms. The molecule has 0 aliphatic heterocycles. The molecule has 0 saturated carbocycles. The summed E-state index contributed by atoms with van der Waals surface area (Å²) in [6.45, 7) is 0.0705. The predicted octanol–water partition coefficient (Wildman–Crippen LogP) is 0.407. The average Bonchev–Trinajstić information content (AvgIpc) is 2.82. The minimum absolute atomic E-state index is 0.0419. The maximum absolute atomic E-state index is 10.7. The lowest BCUT2D eigenvalue weighted by atomic mass is 10.3. The van der Waals surface area contributed by atoms with Gasteiger partial charge in [0.05, 0.1) is 0 Å². The SMILES string of the molecule is O=[C]/C(=N/OCCCC(=O)O)c1csc(NC=O)n1. The summed E-state index contributed by atoms with van der Waals surface area (Å²) in [6.07, 6.45) is 2.26. The predicted molar refractivity (Wildman–Crippen MR) is 66.9 cm³/mol. The minimum Gasteiger partial charge on any atom is -0.481 e. The lowest BCUT2D eigenvalue weighted by Crippen LogP contribution is -2.05. The zero-order valence-corrected chi connectivity index (χ0v) is 10.5. The first-order valence-corrected chi connectivity index (χ1v) is 6.01. The van der Waals surface area contributed by atoms with E-state index in [0.717, 1.165) is 11.3 Å². The minimum atomic E-state index is -0.932. The van der Waals surface area contributed by atoms with E-state index in [-0.39, 0.29) is 30.9 Å². The van der Waals surface area contributed by atoms with Gasteiger partial charge >= 0.3 is 5.97 Å². The van der Waals surface area contributed by atoms with Crippen LogP contribution in [0.3, 0.4) is 0 Å². The van der Waals surface area contributed by atoms with Gasteiger partial charge in [0, 0.05) is 11.8 Å². The summed E-state index contributed by atoms with van der Waals surface area (Å²) in [4.78, 5) is 39.8. The largest absolute Gasteiger partial charge is 0.481 e. The molecular weight excluding hydrogens is 274 g/mol. The maximum Gasteiger partial charge on any atom is 0.303 e. The number of thiazole rings is 1. The molecule has 0 aliphatic carbocycles. The maximum atomic E-state index is 10.7. The van der Waals surface area contributed by atoms with Gasteiger partial charge in [0.15, 0.2) is 10.8 Å². The van der Waals surface area contributed by atoms with E-state index >= 15 is 0 Å². The van der Waals surface area contributed by atoms with Gasteiger partial charge in [-0.1, -0.05) is 5.16 Å². The summed E-state index contributed by atoms with van der Waals surface area (Å²) in [5.41, 5.74) is 0.0770. The van der Waals surface area contributed by atoms with Crippen LogP contribution in [0.5, 0.6) is 0 Å². The first-order chi connectivity index (χ1) is 9.17. The number of aliphatic carboxylic acids is 1. The van der Waals surface area contributed by atoms with Gasteiger partial charge in [-0.3, -0.25) is 14.4 Å². The Hall–Kier alpha value is -2.29. The fourth-order valence-corrected chi connectivity index (χ4v) is 1.67. The normalized spacial score (nSPS) is 10.8. The standard InChI is InChI=1S/C10H10N3O5S/c14-4-7(13-18-3-1-2-9(16)17)8-5-19-10(12-8)11-6-15/h5-6H,1-3H2,(H,16,17)(H,11,12,15)/b13-7-. The van der Waals surface area contributed by atoms with Crippen LogP contribution < -0.4 is 5.32 Å². The third-order valence-electron chi connectivity index (χ3n) is 1.81. The highest BCUT2D eigenvalue weighted by Crippen LogP contribution is 2.14. The summed E-state index contributed by atoms with van der Waals surface area (Å²) in [6, 6.07) is 0. The van der Waals surface area contributed by atoms with Crippen molar-refractivity contribution in [3.05, 3.63) is 11.1 Å². The first kappa shape index (κ1) is 14.8. The molecule has 1 aromatic heterocycles. The third-order valence-corrected chi connectivity index (χ3v) is 2.58. The zero-order chi connectivity index (χ0) is 14.1. The molecule has 1 rings (SSSR count). The highest BCUT2D eigenvalue weighted by Gasteiger charge is 2.09. The van der Waals surface area contributed by atoms with Crippen molar-refractivity contribution in [2.45, 2.75) is 12.8 Å². The molecule has 0 aliphatic rings. The molecule has 0 bridgehead atoms. The lowest BCUT2D eigenvalue weighted by molar-refractivity contribution is -0.137. The fraction of sp³-hybridized carbons (Fsp3) is 0.300. The summed E-state index contributed by atoms with van der Waals surface area (Å²) < 4.78 is 0. The van der Waals surface area contributed by atoms with Crippen molar-refractivity contribution in [3.63, 3.8) is 0 Å². The van der Waals surface area contributed by atoms with Crippen molar-refractivity contribution >= 4 is 40.8 Å². The third kappa shape index (κ3) is 5.25. The van der Waals surface area contributed by atoms with Gasteiger partial charge < -0.3 is 15.3 Å². The monoisotopic (exact) mass is 284 g/mol. The molecule has 0 aromatic carbocycles. The van der Waals surface area contributed by atoms with E-state index in [2.05, 4.69) is 15.5 Å². The second-order valence-corrected chi connectivity index (χ2v) is 4.03. The Morgan fingerprint density at radius 3 is 3.11 bits per heavy atom. The van der Waals surface area contributed by atoms with Crippen molar-refractivity contribution in [3.8, 4) is 0 Å². The molecule has 1 radical (unpaired) electrons. The van der Waals surface area contributed by atoms with Gasteiger partial charge in [-0.05, 0) is 6.42 Å². The van der Waals surface area contributed by atoms with E-state index in [1.807, 2.05) is 0 Å². The molecule has 1 amide bonds. The van der Waals surface area contributed by atoms with Gasteiger partial charge in [0.2, 0.25) is 6.41 Å². The van der Waals surface area contributed by atoms with Gasteiger partial charge in [0.1, 0.15) is 12.3 Å². The number of carboxylic acid groups (broad SMARTS) is 1. The number of carboxylic acids is 1. The van der Waals surface area contributed by atoms with E-state index in [9.17, 15) is 14.4 Å². The number of hydrogen-bond donors (Lipinski definition) is 2. The number of rotatable bonds is 9. The number of anilines is 1. The lowest BCUT2D eigenvalue weighted by Gasteiger charge is -1.97. The molecule has 1 aromatic rings. The Labute approximate surface area is 112 Å². The number of nitrogens with zero attached hydrogens (tertiary/aromatic N) is 2. The van der Waals surface area contributed by atoms with Gasteiger partial charge in [-0.25, -0.2) is 4.98 Å². The van der Waals surface area contributed by atoms with Crippen molar-refractivity contribution in [1.29, 1.82) is 0 Å². The summed E-state index contributed by atoms with van der Waals surface area (Å²) in [5.74, 6) is -0.932. The molecule has 0 atom stereocenters. The van der Waals surface area contributed by atoms with Crippen molar-refractivity contribution < 1.29 is 24.3 Å². The molecule has 0 unspecified atom stereocenters. The molecule has 0 saturated heterocycles. The number of aromatic nitrogens is 1. The topological polar surface area (TPSA) is 118 Å². The van der Waals surface area contributed by atoms with Crippen LogP contribution in [0.2, 0.25) is 0 Å². The average molecular weight is 284 g/mol. The van der Waals surface area contributed by atoms with Crippen molar-refractivity contribution in [1.82, 2.24) is 4.98 Å². The number of oxime groups is 1. The second kappa shape index (κ2) is 7.93. The van der Waals surface area contributed by atoms with E-state index in [4.69, 9.17) is 9.94 Å². The smallest absolute Gasteiger partial charge is 0.303 e. The highest BCUT2D eigenvalue weighted by atomic mass is 32.1. The van der Waals surface area contributed by atoms with Crippen LogP contribution in [0.1, 0.15) is 18.5 Å². The van der Waals surface area contributed by atoms with E-state index in [0.29, 0.717) is 11.5 Å². The van der Waals surface area contributed by atoms with Crippen LogP contribution in [0, 0.1) is 0 Å². The molecule has 0 spiro atoms. The van der Waals surface area contributed by atoms with Crippen LogP contribution in [-0.2, 0) is 19.2 Å². The quantitative estimate of drug-likeness (QED) is 0.293. The molecule has 101 valence electrons. The first-order valence-electron chi connectivity index (χ1n) is 5.13. The van der Waals surface area contributed by atoms with Crippen LogP contribution in [0.25, 0.3) is 0 Å². The highest BCUT2D eigenvalue weighted by molar-refractivity contribution is 7.14. The van der Waals surface area contributed by atoms with E-state index < -0.39 is 5.97 Å². The molecule has 8 nitrogen and oxygen atoms in total. The molecular formula is C10H10N3O5S. The van der Waals surface area contributed by atoms with E-state index in [1.54, 1.807) is 6.29 Å². The Bertz CT molecular complexity index is 485. The number of amides is 1. The van der Waals surface area contributed by atoms with Crippen LogP contribution >= 0.6 is 11.3 Å². The summed E-state index contributed by atoms with van der Waals surface area (Å²) in [7, 11) is 0. The fourth-order valence-electron chi connectivity index (χ4n) is 1.02. The summed E-state index contributed by atoms with van der Waals surface area (Å²) >= 11 is 1.12. The van der Waals surface area contributed by atoms with Crippen LogP contribution in [-0.4, -0.2) is 41.1 Å². The Kier molecular flexibility index (Phi) is 6.16. The Morgan fingerprint density at radius 1 is 1.68 bits per heavy atom. The number of carbonyl (C=O) groups is 2. The van der Waals surface area contributed by atoms with Crippen molar-refractivity contribution in [2.24, 2.45) is 5.16 Å². The van der Waals surface area contributed by atoms with Crippen LogP contribution in [0.4, 0.5) is 5.13 Å². The van der Waals surface area contributed by atoms with Gasteiger partial charge in [-0.2, -0.15) is 0 Å². The molecule has 2 N–H and O–H groups in total. The zero-order valence-electron chi connectivity index (χ0n) is 9.66. The van der Waals surface area contributed by atoms with Crippen LogP contribution in [0.15, 0.2) is 10.5 Å². The molecule has 19 heavy (non-hydrogen) atoms. The Balaban J connectivity index is 2.53.